The standard InChI is InChI=1S/C12H20N2/c1-4-6-10(2)14-11(3)12-7-5-8-13-9-12/h5,7-11,14H,4,6H2,1-3H3/t10?,11-/m1/s1. The first kappa shape index (κ1) is 11.2. The maximum Gasteiger partial charge on any atom is 0.0315 e. The first-order chi connectivity index (χ1) is 6.74. The lowest BCUT2D eigenvalue weighted by Gasteiger charge is -2.19. The molecule has 14 heavy (non-hydrogen) atoms. The van der Waals surface area contributed by atoms with E-state index in [0.29, 0.717) is 12.1 Å². The molecule has 0 aromatic carbocycles. The van der Waals surface area contributed by atoms with Crippen molar-refractivity contribution in [3.63, 3.8) is 0 Å². The minimum atomic E-state index is 0.394. The Morgan fingerprint density at radius 3 is 2.79 bits per heavy atom. The number of pyridine rings is 1. The minimum Gasteiger partial charge on any atom is -0.308 e. The first-order valence-electron chi connectivity index (χ1n) is 5.40. The van der Waals surface area contributed by atoms with E-state index < -0.39 is 0 Å². The van der Waals surface area contributed by atoms with Crippen LogP contribution < -0.4 is 5.32 Å². The highest BCUT2D eigenvalue weighted by Crippen LogP contribution is 2.11. The van der Waals surface area contributed by atoms with Gasteiger partial charge in [0.25, 0.3) is 0 Å². The van der Waals surface area contributed by atoms with Gasteiger partial charge in [0.1, 0.15) is 0 Å². The minimum absolute atomic E-state index is 0.394. The Bertz CT molecular complexity index is 246. The van der Waals surface area contributed by atoms with E-state index in [1.807, 2.05) is 18.5 Å². The summed E-state index contributed by atoms with van der Waals surface area (Å²) in [5, 5.41) is 3.56. The zero-order chi connectivity index (χ0) is 10.4. The van der Waals surface area contributed by atoms with Crippen molar-refractivity contribution in [1.82, 2.24) is 10.3 Å². The van der Waals surface area contributed by atoms with E-state index in [1.54, 1.807) is 0 Å². The van der Waals surface area contributed by atoms with Crippen molar-refractivity contribution in [2.45, 2.75) is 45.7 Å². The SMILES string of the molecule is CCCC(C)N[C@H](C)c1cccnc1. The van der Waals surface area contributed by atoms with Gasteiger partial charge < -0.3 is 5.32 Å². The van der Waals surface area contributed by atoms with E-state index in [1.165, 1.54) is 18.4 Å². The molecular formula is C12H20N2. The average molecular weight is 192 g/mol. The van der Waals surface area contributed by atoms with Crippen LogP contribution in [0.15, 0.2) is 24.5 Å². The molecule has 1 heterocycles. The van der Waals surface area contributed by atoms with Crippen LogP contribution in [0.1, 0.15) is 45.2 Å². The molecule has 2 nitrogen and oxygen atoms in total. The molecule has 0 aliphatic rings. The molecule has 0 radical (unpaired) electrons. The third-order valence-corrected chi connectivity index (χ3v) is 2.44. The third-order valence-electron chi connectivity index (χ3n) is 2.44. The van der Waals surface area contributed by atoms with Crippen LogP contribution in [0, 0.1) is 0 Å². The summed E-state index contributed by atoms with van der Waals surface area (Å²) >= 11 is 0. The van der Waals surface area contributed by atoms with E-state index in [-0.39, 0.29) is 0 Å². The predicted octanol–water partition coefficient (Wildman–Crippen LogP) is 2.92. The molecule has 1 rings (SSSR count). The molecule has 1 N–H and O–H groups in total. The number of nitrogens with zero attached hydrogens (tertiary/aromatic N) is 1. The lowest BCUT2D eigenvalue weighted by atomic mass is 10.1. The third kappa shape index (κ3) is 3.46. The van der Waals surface area contributed by atoms with Gasteiger partial charge in [-0.05, 0) is 31.9 Å². The summed E-state index contributed by atoms with van der Waals surface area (Å²) in [5.41, 5.74) is 1.26. The Balaban J connectivity index is 2.46. The second-order valence-corrected chi connectivity index (χ2v) is 3.86. The molecule has 78 valence electrons. The fourth-order valence-electron chi connectivity index (χ4n) is 1.67. The van der Waals surface area contributed by atoms with Crippen molar-refractivity contribution >= 4 is 0 Å². The molecule has 1 aromatic rings. The van der Waals surface area contributed by atoms with Gasteiger partial charge in [0.15, 0.2) is 0 Å². The van der Waals surface area contributed by atoms with Crippen LogP contribution >= 0.6 is 0 Å². The quantitative estimate of drug-likeness (QED) is 0.776. The van der Waals surface area contributed by atoms with Crippen molar-refractivity contribution in [3.05, 3.63) is 30.1 Å². The van der Waals surface area contributed by atoms with Gasteiger partial charge in [-0.25, -0.2) is 0 Å². The second kappa shape index (κ2) is 5.76. The van der Waals surface area contributed by atoms with E-state index in [4.69, 9.17) is 0 Å². The van der Waals surface area contributed by atoms with Crippen molar-refractivity contribution in [2.75, 3.05) is 0 Å². The van der Waals surface area contributed by atoms with E-state index in [9.17, 15) is 0 Å². The van der Waals surface area contributed by atoms with Crippen LogP contribution in [0.4, 0.5) is 0 Å². The zero-order valence-corrected chi connectivity index (χ0v) is 9.33. The molecule has 0 amide bonds. The summed E-state index contributed by atoms with van der Waals surface area (Å²) in [6, 6.07) is 5.07. The molecular weight excluding hydrogens is 172 g/mol. The molecule has 0 saturated heterocycles. The zero-order valence-electron chi connectivity index (χ0n) is 9.33. The van der Waals surface area contributed by atoms with Gasteiger partial charge in [-0.15, -0.1) is 0 Å². The highest BCUT2D eigenvalue weighted by atomic mass is 14.9. The molecule has 0 saturated carbocycles. The fraction of sp³-hybridized carbons (Fsp3) is 0.583. The Morgan fingerprint density at radius 1 is 1.43 bits per heavy atom. The van der Waals surface area contributed by atoms with Crippen LogP contribution in [-0.4, -0.2) is 11.0 Å². The first-order valence-corrected chi connectivity index (χ1v) is 5.40. The maximum atomic E-state index is 4.12. The van der Waals surface area contributed by atoms with E-state index in [0.717, 1.165) is 0 Å². The van der Waals surface area contributed by atoms with Crippen molar-refractivity contribution in [3.8, 4) is 0 Å². The van der Waals surface area contributed by atoms with Crippen LogP contribution in [0.2, 0.25) is 0 Å². The second-order valence-electron chi connectivity index (χ2n) is 3.86. The number of hydrogen-bond donors (Lipinski definition) is 1. The fourth-order valence-corrected chi connectivity index (χ4v) is 1.67. The lowest BCUT2D eigenvalue weighted by molar-refractivity contribution is 0.452. The van der Waals surface area contributed by atoms with Gasteiger partial charge in [0.2, 0.25) is 0 Å². The highest BCUT2D eigenvalue weighted by Gasteiger charge is 2.07. The molecule has 1 aromatic heterocycles. The molecule has 0 spiro atoms. The van der Waals surface area contributed by atoms with Gasteiger partial charge in [-0.1, -0.05) is 19.4 Å². The van der Waals surface area contributed by atoms with Gasteiger partial charge in [0.05, 0.1) is 0 Å². The maximum absolute atomic E-state index is 4.12. The number of nitrogens with one attached hydrogen (secondary N) is 1. The molecule has 0 bridgehead atoms. The Morgan fingerprint density at radius 2 is 2.21 bits per heavy atom. The summed E-state index contributed by atoms with van der Waals surface area (Å²) in [4.78, 5) is 4.12. The molecule has 2 heteroatoms. The summed E-state index contributed by atoms with van der Waals surface area (Å²) in [6.07, 6.45) is 6.19. The van der Waals surface area contributed by atoms with Crippen molar-refractivity contribution in [2.24, 2.45) is 0 Å². The van der Waals surface area contributed by atoms with E-state index in [2.05, 4.69) is 37.1 Å². The summed E-state index contributed by atoms with van der Waals surface area (Å²) < 4.78 is 0. The number of aromatic nitrogens is 1. The van der Waals surface area contributed by atoms with Crippen LogP contribution in [0.5, 0.6) is 0 Å². The van der Waals surface area contributed by atoms with Gasteiger partial charge in [-0.3, -0.25) is 4.98 Å². The van der Waals surface area contributed by atoms with E-state index >= 15 is 0 Å². The summed E-state index contributed by atoms with van der Waals surface area (Å²) in [5.74, 6) is 0. The number of rotatable bonds is 5. The van der Waals surface area contributed by atoms with Crippen LogP contribution in [-0.2, 0) is 0 Å². The van der Waals surface area contributed by atoms with Gasteiger partial charge >= 0.3 is 0 Å². The smallest absolute Gasteiger partial charge is 0.0315 e. The topological polar surface area (TPSA) is 24.9 Å². The summed E-state index contributed by atoms with van der Waals surface area (Å²) in [7, 11) is 0. The largest absolute Gasteiger partial charge is 0.308 e. The monoisotopic (exact) mass is 192 g/mol. The van der Waals surface area contributed by atoms with Crippen molar-refractivity contribution < 1.29 is 0 Å². The molecule has 0 fully saturated rings. The Hall–Kier alpha value is -0.890. The average Bonchev–Trinajstić information content (AvgIpc) is 2.19. The number of hydrogen-bond acceptors (Lipinski definition) is 2. The van der Waals surface area contributed by atoms with Crippen LogP contribution in [0.3, 0.4) is 0 Å². The summed E-state index contributed by atoms with van der Waals surface area (Å²) in [6.45, 7) is 6.63. The van der Waals surface area contributed by atoms with Crippen molar-refractivity contribution in [1.29, 1.82) is 0 Å². The lowest BCUT2D eigenvalue weighted by Crippen LogP contribution is -2.28. The van der Waals surface area contributed by atoms with Gasteiger partial charge in [-0.2, -0.15) is 0 Å². The highest BCUT2D eigenvalue weighted by molar-refractivity contribution is 5.12. The molecule has 0 aliphatic heterocycles. The van der Waals surface area contributed by atoms with Crippen LogP contribution in [0.25, 0.3) is 0 Å². The Labute approximate surface area is 86.8 Å². The molecule has 2 atom stereocenters. The molecule has 0 aliphatic carbocycles. The predicted molar refractivity (Wildman–Crippen MR) is 60.2 cm³/mol. The molecule has 1 unspecified atom stereocenters. The normalized spacial score (nSPS) is 15.1. The van der Waals surface area contributed by atoms with Gasteiger partial charge in [0, 0.05) is 24.5 Å². The Kier molecular flexibility index (Phi) is 4.60.